The highest BCUT2D eigenvalue weighted by molar-refractivity contribution is 6.22. The first kappa shape index (κ1) is 18.8. The molecule has 0 aromatic heterocycles. The maximum atomic E-state index is 12.7. The predicted molar refractivity (Wildman–Crippen MR) is 110 cm³/mol. The molecule has 3 aromatic carbocycles. The Bertz CT molecular complexity index is 1120. The van der Waals surface area contributed by atoms with Crippen LogP contribution in [-0.2, 0) is 4.74 Å². The molecule has 146 valence electrons. The van der Waals surface area contributed by atoms with Crippen molar-refractivity contribution in [2.45, 2.75) is 6.42 Å². The van der Waals surface area contributed by atoms with Crippen LogP contribution in [0.15, 0.2) is 60.7 Å². The lowest BCUT2D eigenvalue weighted by atomic mass is 10.0. The number of anilines is 1. The topological polar surface area (TPSA) is 75.7 Å². The number of methoxy groups -OCH3 is 1. The third kappa shape index (κ3) is 3.62. The maximum Gasteiger partial charge on any atom is 0.261 e. The zero-order valence-electron chi connectivity index (χ0n) is 16.0. The van der Waals surface area contributed by atoms with Crippen LogP contribution in [0.1, 0.15) is 37.5 Å². The third-order valence-electron chi connectivity index (χ3n) is 4.97. The van der Waals surface area contributed by atoms with E-state index in [9.17, 15) is 14.4 Å². The minimum atomic E-state index is -0.374. The molecular formula is C23H20N2O4. The van der Waals surface area contributed by atoms with Crippen LogP contribution >= 0.6 is 0 Å². The van der Waals surface area contributed by atoms with Crippen molar-refractivity contribution in [3.8, 4) is 0 Å². The van der Waals surface area contributed by atoms with E-state index in [0.717, 1.165) is 10.8 Å². The SMILES string of the molecule is COCCCN1C(=O)c2ccc(C(=O)Nc3ccc4ccccc4c3)cc2C1=O. The van der Waals surface area contributed by atoms with Gasteiger partial charge in [-0.15, -0.1) is 0 Å². The van der Waals surface area contributed by atoms with Crippen molar-refractivity contribution in [1.82, 2.24) is 4.90 Å². The van der Waals surface area contributed by atoms with E-state index in [2.05, 4.69) is 5.32 Å². The van der Waals surface area contributed by atoms with Crippen molar-refractivity contribution in [3.63, 3.8) is 0 Å². The maximum absolute atomic E-state index is 12.7. The van der Waals surface area contributed by atoms with Gasteiger partial charge in [0.25, 0.3) is 17.7 Å². The number of carbonyl (C=O) groups excluding carboxylic acids is 3. The second-order valence-electron chi connectivity index (χ2n) is 6.88. The van der Waals surface area contributed by atoms with Gasteiger partial charge in [0.05, 0.1) is 11.1 Å². The number of amides is 3. The van der Waals surface area contributed by atoms with Gasteiger partial charge in [0.2, 0.25) is 0 Å². The molecule has 29 heavy (non-hydrogen) atoms. The van der Waals surface area contributed by atoms with Gasteiger partial charge in [-0.05, 0) is 47.5 Å². The van der Waals surface area contributed by atoms with Crippen LogP contribution in [0, 0.1) is 0 Å². The minimum Gasteiger partial charge on any atom is -0.385 e. The molecule has 0 bridgehead atoms. The molecule has 0 saturated heterocycles. The summed E-state index contributed by atoms with van der Waals surface area (Å²) in [4.78, 5) is 39.0. The number of hydrogen-bond donors (Lipinski definition) is 1. The highest BCUT2D eigenvalue weighted by Crippen LogP contribution is 2.25. The van der Waals surface area contributed by atoms with E-state index in [4.69, 9.17) is 4.74 Å². The summed E-state index contributed by atoms with van der Waals surface area (Å²) in [6.45, 7) is 0.756. The number of fused-ring (bicyclic) bond motifs is 2. The molecule has 1 N–H and O–H groups in total. The van der Waals surface area contributed by atoms with Crippen molar-refractivity contribution < 1.29 is 19.1 Å². The highest BCUT2D eigenvalue weighted by atomic mass is 16.5. The van der Waals surface area contributed by atoms with E-state index >= 15 is 0 Å². The lowest BCUT2D eigenvalue weighted by molar-refractivity contribution is 0.0638. The fourth-order valence-corrected chi connectivity index (χ4v) is 3.47. The van der Waals surface area contributed by atoms with Gasteiger partial charge < -0.3 is 10.1 Å². The van der Waals surface area contributed by atoms with Crippen molar-refractivity contribution >= 4 is 34.2 Å². The molecule has 6 nitrogen and oxygen atoms in total. The monoisotopic (exact) mass is 388 g/mol. The largest absolute Gasteiger partial charge is 0.385 e. The zero-order chi connectivity index (χ0) is 20.4. The molecule has 0 unspecified atom stereocenters. The summed E-state index contributed by atoms with van der Waals surface area (Å²) in [5.41, 5.74) is 1.59. The first-order valence-corrected chi connectivity index (χ1v) is 9.38. The van der Waals surface area contributed by atoms with E-state index in [-0.39, 0.29) is 23.3 Å². The van der Waals surface area contributed by atoms with Gasteiger partial charge in [-0.1, -0.05) is 30.3 Å². The standard InChI is InChI=1S/C23H20N2O4/c1-29-12-4-11-25-22(27)19-10-8-17(14-20(19)23(25)28)21(26)24-18-9-7-15-5-2-3-6-16(15)13-18/h2-3,5-10,13-14H,4,11-12H2,1H3,(H,24,26). The Morgan fingerprint density at radius 3 is 2.48 bits per heavy atom. The Morgan fingerprint density at radius 2 is 1.69 bits per heavy atom. The molecular weight excluding hydrogens is 368 g/mol. The second kappa shape index (κ2) is 7.85. The van der Waals surface area contributed by atoms with E-state index in [0.29, 0.717) is 36.4 Å². The zero-order valence-corrected chi connectivity index (χ0v) is 16.0. The molecule has 1 aliphatic rings. The average Bonchev–Trinajstić information content (AvgIpc) is 2.98. The van der Waals surface area contributed by atoms with E-state index in [1.807, 2.05) is 42.5 Å². The van der Waals surface area contributed by atoms with Crippen molar-refractivity contribution in [2.75, 3.05) is 25.6 Å². The van der Waals surface area contributed by atoms with Crippen LogP contribution in [0.25, 0.3) is 10.8 Å². The molecule has 4 rings (SSSR count). The Morgan fingerprint density at radius 1 is 0.931 bits per heavy atom. The number of ether oxygens (including phenoxy) is 1. The van der Waals surface area contributed by atoms with Crippen LogP contribution < -0.4 is 5.32 Å². The Hall–Kier alpha value is -3.51. The second-order valence-corrected chi connectivity index (χ2v) is 6.88. The summed E-state index contributed by atoms with van der Waals surface area (Å²) in [5.74, 6) is -1.04. The summed E-state index contributed by atoms with van der Waals surface area (Å²) in [6, 6.07) is 18.1. The minimum absolute atomic E-state index is 0.263. The van der Waals surface area contributed by atoms with Crippen LogP contribution in [0.3, 0.4) is 0 Å². The lowest BCUT2D eigenvalue weighted by Crippen LogP contribution is -2.31. The van der Waals surface area contributed by atoms with E-state index < -0.39 is 0 Å². The molecule has 0 radical (unpaired) electrons. The molecule has 0 fully saturated rings. The van der Waals surface area contributed by atoms with Gasteiger partial charge in [0.15, 0.2) is 0 Å². The van der Waals surface area contributed by atoms with Gasteiger partial charge in [-0.2, -0.15) is 0 Å². The number of imide groups is 1. The van der Waals surface area contributed by atoms with Crippen LogP contribution in [-0.4, -0.2) is 42.9 Å². The Kier molecular flexibility index (Phi) is 5.10. The quantitative estimate of drug-likeness (QED) is 0.516. The van der Waals surface area contributed by atoms with Gasteiger partial charge in [0, 0.05) is 31.5 Å². The van der Waals surface area contributed by atoms with Crippen molar-refractivity contribution in [2.24, 2.45) is 0 Å². The fraction of sp³-hybridized carbons (Fsp3) is 0.174. The number of benzene rings is 3. The van der Waals surface area contributed by atoms with Crippen molar-refractivity contribution in [3.05, 3.63) is 77.4 Å². The molecule has 0 atom stereocenters. The molecule has 6 heteroatoms. The predicted octanol–water partition coefficient (Wildman–Crippen LogP) is 3.72. The molecule has 0 aliphatic carbocycles. The molecule has 3 aromatic rings. The first-order valence-electron chi connectivity index (χ1n) is 9.38. The number of rotatable bonds is 6. The summed E-state index contributed by atoms with van der Waals surface area (Å²) in [7, 11) is 1.57. The van der Waals surface area contributed by atoms with Crippen LogP contribution in [0.5, 0.6) is 0 Å². The summed E-state index contributed by atoms with van der Waals surface area (Å²) in [5, 5.41) is 4.96. The fourth-order valence-electron chi connectivity index (χ4n) is 3.47. The molecule has 1 aliphatic heterocycles. The van der Waals surface area contributed by atoms with Gasteiger partial charge in [-0.3, -0.25) is 19.3 Å². The normalized spacial score (nSPS) is 13.1. The molecule has 0 spiro atoms. The number of nitrogens with one attached hydrogen (secondary N) is 1. The van der Waals surface area contributed by atoms with E-state index in [1.54, 1.807) is 19.2 Å². The average molecular weight is 388 g/mol. The van der Waals surface area contributed by atoms with Crippen LogP contribution in [0.4, 0.5) is 5.69 Å². The summed E-state index contributed by atoms with van der Waals surface area (Å²) < 4.78 is 4.98. The molecule has 1 heterocycles. The summed E-state index contributed by atoms with van der Waals surface area (Å²) >= 11 is 0. The number of nitrogens with zero attached hydrogens (tertiary/aromatic N) is 1. The Balaban J connectivity index is 1.54. The van der Waals surface area contributed by atoms with E-state index in [1.165, 1.54) is 11.0 Å². The third-order valence-corrected chi connectivity index (χ3v) is 4.97. The van der Waals surface area contributed by atoms with Gasteiger partial charge >= 0.3 is 0 Å². The Labute approximate surface area is 168 Å². The molecule has 0 saturated carbocycles. The van der Waals surface area contributed by atoms with Crippen LogP contribution in [0.2, 0.25) is 0 Å². The van der Waals surface area contributed by atoms with Crippen molar-refractivity contribution in [1.29, 1.82) is 0 Å². The number of carbonyl (C=O) groups is 3. The summed E-state index contributed by atoms with van der Waals surface area (Å²) in [6.07, 6.45) is 0.567. The molecule has 3 amide bonds. The van der Waals surface area contributed by atoms with Gasteiger partial charge in [0.1, 0.15) is 0 Å². The van der Waals surface area contributed by atoms with Gasteiger partial charge in [-0.25, -0.2) is 0 Å². The highest BCUT2D eigenvalue weighted by Gasteiger charge is 2.35. The first-order chi connectivity index (χ1) is 14.1. The smallest absolute Gasteiger partial charge is 0.261 e. The lowest BCUT2D eigenvalue weighted by Gasteiger charge is -2.12. The number of hydrogen-bond acceptors (Lipinski definition) is 4.